The van der Waals surface area contributed by atoms with Crippen LogP contribution in [0.2, 0.25) is 5.02 Å². The summed E-state index contributed by atoms with van der Waals surface area (Å²) in [5.74, 6) is 0. The molecule has 3 rings (SSSR count). The summed E-state index contributed by atoms with van der Waals surface area (Å²) in [5.41, 5.74) is 1.46. The molecule has 0 radical (unpaired) electrons. The number of nitrogens with one attached hydrogen (secondary N) is 1. The van der Waals surface area contributed by atoms with E-state index in [0.29, 0.717) is 5.41 Å². The Morgan fingerprint density at radius 2 is 2.11 bits per heavy atom. The molecule has 0 amide bonds. The molecule has 1 atom stereocenters. The molecule has 1 spiro atoms. The Morgan fingerprint density at radius 1 is 1.32 bits per heavy atom. The molecule has 1 aromatic carbocycles. The fourth-order valence-corrected chi connectivity index (χ4v) is 4.06. The van der Waals surface area contributed by atoms with Gasteiger partial charge in [-0.25, -0.2) is 0 Å². The Kier molecular flexibility index (Phi) is 4.18. The standard InChI is InChI=1S/C15H19BrClNO/c16-11-3-4-12(13(17)7-11)14-8-18-9-15(10-19-14)5-1-2-6-15/h3-4,7,14,18H,1-2,5-6,8-10H2. The van der Waals surface area contributed by atoms with Gasteiger partial charge < -0.3 is 10.1 Å². The molecule has 1 saturated heterocycles. The number of hydrogen-bond donors (Lipinski definition) is 1. The molecule has 19 heavy (non-hydrogen) atoms. The van der Waals surface area contributed by atoms with Crippen LogP contribution in [0.4, 0.5) is 0 Å². The summed E-state index contributed by atoms with van der Waals surface area (Å²) in [7, 11) is 0. The molecule has 0 bridgehead atoms. The summed E-state index contributed by atoms with van der Waals surface area (Å²) in [6, 6.07) is 6.03. The lowest BCUT2D eigenvalue weighted by Crippen LogP contribution is -2.32. The third kappa shape index (κ3) is 2.99. The molecule has 2 aliphatic rings. The molecule has 1 aromatic rings. The predicted octanol–water partition coefficient (Wildman–Crippen LogP) is 4.32. The third-order valence-corrected chi connectivity index (χ3v) is 5.21. The first-order valence-corrected chi connectivity index (χ1v) is 8.13. The Labute approximate surface area is 128 Å². The van der Waals surface area contributed by atoms with Gasteiger partial charge in [0.25, 0.3) is 0 Å². The Hall–Kier alpha value is -0.0900. The summed E-state index contributed by atoms with van der Waals surface area (Å²) < 4.78 is 7.19. The second kappa shape index (κ2) is 5.72. The topological polar surface area (TPSA) is 21.3 Å². The number of rotatable bonds is 1. The quantitative estimate of drug-likeness (QED) is 0.819. The second-order valence-electron chi connectivity index (χ2n) is 5.80. The molecule has 1 heterocycles. The van der Waals surface area contributed by atoms with E-state index in [2.05, 4.69) is 27.3 Å². The van der Waals surface area contributed by atoms with Crippen molar-refractivity contribution >= 4 is 27.5 Å². The highest BCUT2D eigenvalue weighted by molar-refractivity contribution is 9.10. The molecule has 1 aliphatic heterocycles. The lowest BCUT2D eigenvalue weighted by atomic mass is 9.87. The predicted molar refractivity (Wildman–Crippen MR) is 81.6 cm³/mol. The van der Waals surface area contributed by atoms with Crippen LogP contribution >= 0.6 is 27.5 Å². The number of hydrogen-bond acceptors (Lipinski definition) is 2. The van der Waals surface area contributed by atoms with E-state index in [0.717, 1.165) is 34.8 Å². The molecule has 0 aromatic heterocycles. The molecule has 104 valence electrons. The van der Waals surface area contributed by atoms with Gasteiger partial charge in [0.1, 0.15) is 0 Å². The lowest BCUT2D eigenvalue weighted by molar-refractivity contribution is 0.0158. The Balaban J connectivity index is 1.75. The minimum absolute atomic E-state index is 0.0700. The molecule has 1 aliphatic carbocycles. The summed E-state index contributed by atoms with van der Waals surface area (Å²) in [6.45, 7) is 2.79. The van der Waals surface area contributed by atoms with Crippen LogP contribution < -0.4 is 5.32 Å². The van der Waals surface area contributed by atoms with Crippen LogP contribution in [0.1, 0.15) is 37.4 Å². The minimum Gasteiger partial charge on any atom is -0.372 e. The van der Waals surface area contributed by atoms with E-state index in [1.165, 1.54) is 25.7 Å². The molecule has 2 fully saturated rings. The summed E-state index contributed by atoms with van der Waals surface area (Å²) in [4.78, 5) is 0. The molecular formula is C15H19BrClNO. The third-order valence-electron chi connectivity index (χ3n) is 4.39. The maximum atomic E-state index is 6.33. The highest BCUT2D eigenvalue weighted by atomic mass is 79.9. The summed E-state index contributed by atoms with van der Waals surface area (Å²) in [6.07, 6.45) is 5.34. The van der Waals surface area contributed by atoms with Crippen LogP contribution in [0.15, 0.2) is 22.7 Å². The Bertz CT molecular complexity index is 459. The van der Waals surface area contributed by atoms with E-state index >= 15 is 0 Å². The normalized spacial score (nSPS) is 26.5. The molecule has 4 heteroatoms. The van der Waals surface area contributed by atoms with E-state index in [1.54, 1.807) is 0 Å². The van der Waals surface area contributed by atoms with Gasteiger partial charge in [0, 0.05) is 33.6 Å². The van der Waals surface area contributed by atoms with Crippen molar-refractivity contribution in [1.29, 1.82) is 0 Å². The molecule has 1 saturated carbocycles. The first-order chi connectivity index (χ1) is 9.19. The van der Waals surface area contributed by atoms with E-state index in [9.17, 15) is 0 Å². The van der Waals surface area contributed by atoms with Crippen molar-refractivity contribution in [3.8, 4) is 0 Å². The van der Waals surface area contributed by atoms with Gasteiger partial charge in [-0.3, -0.25) is 0 Å². The van der Waals surface area contributed by atoms with E-state index in [-0.39, 0.29) is 6.10 Å². The molecular weight excluding hydrogens is 326 g/mol. The molecule has 1 N–H and O–H groups in total. The van der Waals surface area contributed by atoms with Gasteiger partial charge in [-0.15, -0.1) is 0 Å². The van der Waals surface area contributed by atoms with Crippen LogP contribution in [0, 0.1) is 5.41 Å². The summed E-state index contributed by atoms with van der Waals surface area (Å²) >= 11 is 9.77. The highest BCUT2D eigenvalue weighted by Crippen LogP contribution is 2.41. The van der Waals surface area contributed by atoms with Crippen LogP contribution in [-0.4, -0.2) is 19.7 Å². The largest absolute Gasteiger partial charge is 0.372 e. The first kappa shape index (κ1) is 13.9. The SMILES string of the molecule is Clc1cc(Br)ccc1C1CNCC2(CCCC2)CO1. The smallest absolute Gasteiger partial charge is 0.0963 e. The van der Waals surface area contributed by atoms with E-state index in [1.807, 2.05) is 12.1 Å². The molecule has 2 nitrogen and oxygen atoms in total. The van der Waals surface area contributed by atoms with Crippen molar-refractivity contribution in [3.63, 3.8) is 0 Å². The van der Waals surface area contributed by atoms with Crippen molar-refractivity contribution in [2.45, 2.75) is 31.8 Å². The van der Waals surface area contributed by atoms with Gasteiger partial charge in [0.2, 0.25) is 0 Å². The van der Waals surface area contributed by atoms with Gasteiger partial charge in [-0.1, -0.05) is 46.4 Å². The van der Waals surface area contributed by atoms with Gasteiger partial charge in [-0.05, 0) is 25.0 Å². The maximum Gasteiger partial charge on any atom is 0.0963 e. The van der Waals surface area contributed by atoms with Crippen LogP contribution in [-0.2, 0) is 4.74 Å². The maximum absolute atomic E-state index is 6.33. The number of ether oxygens (including phenoxy) is 1. The first-order valence-electron chi connectivity index (χ1n) is 6.96. The Morgan fingerprint density at radius 3 is 2.84 bits per heavy atom. The number of benzene rings is 1. The highest BCUT2D eigenvalue weighted by Gasteiger charge is 2.37. The van der Waals surface area contributed by atoms with Crippen LogP contribution in [0.5, 0.6) is 0 Å². The van der Waals surface area contributed by atoms with E-state index in [4.69, 9.17) is 16.3 Å². The van der Waals surface area contributed by atoms with Crippen molar-refractivity contribution in [2.75, 3.05) is 19.7 Å². The molecule has 1 unspecified atom stereocenters. The van der Waals surface area contributed by atoms with Gasteiger partial charge in [0.05, 0.1) is 12.7 Å². The van der Waals surface area contributed by atoms with Crippen molar-refractivity contribution < 1.29 is 4.74 Å². The number of halogens is 2. The van der Waals surface area contributed by atoms with Crippen molar-refractivity contribution in [2.24, 2.45) is 5.41 Å². The van der Waals surface area contributed by atoms with Crippen molar-refractivity contribution in [3.05, 3.63) is 33.3 Å². The average Bonchev–Trinajstić information content (AvgIpc) is 2.73. The van der Waals surface area contributed by atoms with Gasteiger partial charge in [0.15, 0.2) is 0 Å². The van der Waals surface area contributed by atoms with Crippen LogP contribution in [0.3, 0.4) is 0 Å². The fraction of sp³-hybridized carbons (Fsp3) is 0.600. The average molecular weight is 345 g/mol. The van der Waals surface area contributed by atoms with Crippen LogP contribution in [0.25, 0.3) is 0 Å². The van der Waals surface area contributed by atoms with Crippen molar-refractivity contribution in [1.82, 2.24) is 5.32 Å². The zero-order valence-corrected chi connectivity index (χ0v) is 13.3. The van der Waals surface area contributed by atoms with E-state index < -0.39 is 0 Å². The lowest BCUT2D eigenvalue weighted by Gasteiger charge is -2.26. The van der Waals surface area contributed by atoms with Gasteiger partial charge >= 0.3 is 0 Å². The zero-order chi connectivity index (χ0) is 13.3. The fourth-order valence-electron chi connectivity index (χ4n) is 3.26. The van der Waals surface area contributed by atoms with Gasteiger partial charge in [-0.2, -0.15) is 0 Å². The monoisotopic (exact) mass is 343 g/mol. The second-order valence-corrected chi connectivity index (χ2v) is 7.13. The minimum atomic E-state index is 0.0700. The zero-order valence-electron chi connectivity index (χ0n) is 10.9. The summed E-state index contributed by atoms with van der Waals surface area (Å²) in [5, 5.41) is 4.36.